The van der Waals surface area contributed by atoms with Crippen molar-refractivity contribution < 1.29 is 14.2 Å². The van der Waals surface area contributed by atoms with E-state index in [1.54, 1.807) is 14.2 Å². The topological polar surface area (TPSA) is 64.1 Å². The predicted molar refractivity (Wildman–Crippen MR) is 128 cm³/mol. The Balaban J connectivity index is 0.00000420. The molecule has 0 aromatic heterocycles. The summed E-state index contributed by atoms with van der Waals surface area (Å²) in [4.78, 5) is 4.24. The summed E-state index contributed by atoms with van der Waals surface area (Å²) in [5, 5.41) is 6.55. The lowest BCUT2D eigenvalue weighted by Crippen LogP contribution is -2.38. The van der Waals surface area contributed by atoms with Gasteiger partial charge in [0.2, 0.25) is 0 Å². The molecule has 0 saturated carbocycles. The monoisotopic (exact) mass is 513 g/mol. The Hall–Kier alpha value is -2.00. The third kappa shape index (κ3) is 9.85. The van der Waals surface area contributed by atoms with Gasteiger partial charge >= 0.3 is 0 Å². The minimum atomic E-state index is 0. The highest BCUT2D eigenvalue weighted by molar-refractivity contribution is 14.0. The number of hydrogen-bond donors (Lipinski definition) is 2. The van der Waals surface area contributed by atoms with Crippen LogP contribution in [0.15, 0.2) is 53.5 Å². The molecular weight excluding hydrogens is 481 g/mol. The zero-order valence-corrected chi connectivity index (χ0v) is 19.9. The van der Waals surface area contributed by atoms with Crippen LogP contribution in [0.2, 0.25) is 0 Å². The van der Waals surface area contributed by atoms with E-state index in [1.165, 1.54) is 11.1 Å². The van der Waals surface area contributed by atoms with Crippen molar-refractivity contribution in [3.05, 3.63) is 59.7 Å². The van der Waals surface area contributed by atoms with E-state index in [0.29, 0.717) is 26.3 Å². The standard InChI is InChI=1S/C22H31N3O3.HI/c1-17(2)28-16-19-7-5-18(6-8-19)15-25-22(23-3)24-13-14-27-21-11-9-20(26-4)10-12-21;/h5-12,17H,13-16H2,1-4H3,(H2,23,24,25);1H. The van der Waals surface area contributed by atoms with Crippen molar-refractivity contribution in [1.29, 1.82) is 0 Å². The molecule has 2 rings (SSSR count). The normalized spacial score (nSPS) is 11.0. The summed E-state index contributed by atoms with van der Waals surface area (Å²) in [7, 11) is 3.40. The number of guanidine groups is 1. The summed E-state index contributed by atoms with van der Waals surface area (Å²) in [6, 6.07) is 15.9. The van der Waals surface area contributed by atoms with Crippen LogP contribution >= 0.6 is 24.0 Å². The van der Waals surface area contributed by atoms with Gasteiger partial charge in [0.1, 0.15) is 18.1 Å². The molecule has 0 amide bonds. The molecule has 2 aromatic rings. The minimum absolute atomic E-state index is 0. The number of nitrogens with zero attached hydrogens (tertiary/aromatic N) is 1. The summed E-state index contributed by atoms with van der Waals surface area (Å²) in [6.45, 7) is 6.61. The SMILES string of the molecule is CN=C(NCCOc1ccc(OC)cc1)NCc1ccc(COC(C)C)cc1.I. The first-order valence-corrected chi connectivity index (χ1v) is 9.51. The Kier molecular flexibility index (Phi) is 12.1. The smallest absolute Gasteiger partial charge is 0.191 e. The van der Waals surface area contributed by atoms with E-state index in [0.717, 1.165) is 17.5 Å². The lowest BCUT2D eigenvalue weighted by molar-refractivity contribution is 0.0657. The number of benzene rings is 2. The second-order valence-electron chi connectivity index (χ2n) is 6.55. The van der Waals surface area contributed by atoms with Crippen LogP contribution in [0.5, 0.6) is 11.5 Å². The van der Waals surface area contributed by atoms with Gasteiger partial charge in [-0.1, -0.05) is 24.3 Å². The lowest BCUT2D eigenvalue weighted by Gasteiger charge is -2.13. The van der Waals surface area contributed by atoms with Crippen LogP contribution in [0.4, 0.5) is 0 Å². The van der Waals surface area contributed by atoms with Gasteiger partial charge in [-0.3, -0.25) is 4.99 Å². The molecule has 2 N–H and O–H groups in total. The molecule has 0 fully saturated rings. The first-order valence-electron chi connectivity index (χ1n) is 9.51. The van der Waals surface area contributed by atoms with Crippen molar-refractivity contribution >= 4 is 29.9 Å². The molecule has 0 aliphatic heterocycles. The summed E-state index contributed by atoms with van der Waals surface area (Å²) in [6.07, 6.45) is 0.240. The first kappa shape index (κ1) is 25.0. The van der Waals surface area contributed by atoms with Crippen molar-refractivity contribution in [2.24, 2.45) is 4.99 Å². The quantitative estimate of drug-likeness (QED) is 0.218. The number of hydrogen-bond acceptors (Lipinski definition) is 4. The molecule has 7 heteroatoms. The molecule has 160 valence electrons. The maximum atomic E-state index is 5.70. The Bertz CT molecular complexity index is 719. The number of nitrogens with one attached hydrogen (secondary N) is 2. The van der Waals surface area contributed by atoms with Crippen LogP contribution in [-0.2, 0) is 17.9 Å². The number of methoxy groups -OCH3 is 1. The largest absolute Gasteiger partial charge is 0.497 e. The van der Waals surface area contributed by atoms with Gasteiger partial charge in [-0.05, 0) is 49.2 Å². The van der Waals surface area contributed by atoms with E-state index in [4.69, 9.17) is 14.2 Å². The van der Waals surface area contributed by atoms with Gasteiger partial charge in [0.15, 0.2) is 5.96 Å². The number of halogens is 1. The number of ether oxygens (including phenoxy) is 3. The van der Waals surface area contributed by atoms with Gasteiger partial charge in [0, 0.05) is 13.6 Å². The van der Waals surface area contributed by atoms with E-state index in [2.05, 4.69) is 39.9 Å². The Labute approximate surface area is 191 Å². The van der Waals surface area contributed by atoms with E-state index in [1.807, 2.05) is 38.1 Å². The first-order chi connectivity index (χ1) is 13.6. The Morgan fingerprint density at radius 1 is 0.931 bits per heavy atom. The molecule has 6 nitrogen and oxygen atoms in total. The highest BCUT2D eigenvalue weighted by Gasteiger charge is 2.01. The summed E-state index contributed by atoms with van der Waals surface area (Å²) in [5.74, 6) is 2.37. The molecule has 0 radical (unpaired) electrons. The van der Waals surface area contributed by atoms with E-state index >= 15 is 0 Å². The average Bonchev–Trinajstić information content (AvgIpc) is 2.73. The lowest BCUT2D eigenvalue weighted by atomic mass is 10.1. The Morgan fingerprint density at radius 3 is 2.14 bits per heavy atom. The summed E-state index contributed by atoms with van der Waals surface area (Å²) < 4.78 is 16.5. The number of aliphatic imine (C=N–C) groups is 1. The highest BCUT2D eigenvalue weighted by Crippen LogP contribution is 2.16. The second-order valence-corrected chi connectivity index (χ2v) is 6.55. The maximum absolute atomic E-state index is 5.70. The molecule has 29 heavy (non-hydrogen) atoms. The van der Waals surface area contributed by atoms with E-state index < -0.39 is 0 Å². The highest BCUT2D eigenvalue weighted by atomic mass is 127. The molecule has 0 unspecified atom stereocenters. The second kappa shape index (κ2) is 14.1. The van der Waals surface area contributed by atoms with Crippen LogP contribution in [0.25, 0.3) is 0 Å². The predicted octanol–water partition coefficient (Wildman–Crippen LogP) is 3.98. The van der Waals surface area contributed by atoms with Gasteiger partial charge in [0.25, 0.3) is 0 Å². The molecule has 2 aromatic carbocycles. The fourth-order valence-electron chi connectivity index (χ4n) is 2.43. The van der Waals surface area contributed by atoms with Crippen LogP contribution < -0.4 is 20.1 Å². The van der Waals surface area contributed by atoms with Gasteiger partial charge in [-0.2, -0.15) is 0 Å². The van der Waals surface area contributed by atoms with Crippen molar-refractivity contribution in [3.63, 3.8) is 0 Å². The average molecular weight is 513 g/mol. The van der Waals surface area contributed by atoms with Crippen LogP contribution in [-0.4, -0.2) is 39.4 Å². The van der Waals surface area contributed by atoms with Gasteiger partial charge in [-0.15, -0.1) is 24.0 Å². The zero-order valence-electron chi connectivity index (χ0n) is 17.6. The molecule has 0 spiro atoms. The van der Waals surface area contributed by atoms with E-state index in [9.17, 15) is 0 Å². The zero-order chi connectivity index (χ0) is 20.2. The minimum Gasteiger partial charge on any atom is -0.497 e. The van der Waals surface area contributed by atoms with Crippen molar-refractivity contribution in [2.45, 2.75) is 33.1 Å². The van der Waals surface area contributed by atoms with Crippen molar-refractivity contribution in [3.8, 4) is 11.5 Å². The van der Waals surface area contributed by atoms with Gasteiger partial charge in [0.05, 0.1) is 26.4 Å². The maximum Gasteiger partial charge on any atom is 0.191 e. The molecule has 0 aliphatic rings. The van der Waals surface area contributed by atoms with Gasteiger partial charge in [-0.25, -0.2) is 0 Å². The molecule has 0 bridgehead atoms. The summed E-state index contributed by atoms with van der Waals surface area (Å²) in [5.41, 5.74) is 2.36. The fraction of sp³-hybridized carbons (Fsp3) is 0.409. The van der Waals surface area contributed by atoms with Gasteiger partial charge < -0.3 is 24.8 Å². The Morgan fingerprint density at radius 2 is 1.55 bits per heavy atom. The third-order valence-electron chi connectivity index (χ3n) is 4.01. The molecule has 0 atom stereocenters. The van der Waals surface area contributed by atoms with Crippen LogP contribution in [0, 0.1) is 0 Å². The van der Waals surface area contributed by atoms with Crippen molar-refractivity contribution in [1.82, 2.24) is 10.6 Å². The molecule has 0 heterocycles. The van der Waals surface area contributed by atoms with Crippen molar-refractivity contribution in [2.75, 3.05) is 27.3 Å². The van der Waals surface area contributed by atoms with Crippen LogP contribution in [0.3, 0.4) is 0 Å². The summed E-state index contributed by atoms with van der Waals surface area (Å²) >= 11 is 0. The number of rotatable bonds is 10. The van der Waals surface area contributed by atoms with Crippen LogP contribution in [0.1, 0.15) is 25.0 Å². The third-order valence-corrected chi connectivity index (χ3v) is 4.01. The fourth-order valence-corrected chi connectivity index (χ4v) is 2.43. The molecular formula is C22H32IN3O3. The van der Waals surface area contributed by atoms with E-state index in [-0.39, 0.29) is 30.1 Å². The molecule has 0 saturated heterocycles. The molecule has 0 aliphatic carbocycles.